The predicted octanol–water partition coefficient (Wildman–Crippen LogP) is 4.54. The molecular formula is C38H80O14Si. The molecule has 0 bridgehead atoms. The van der Waals surface area contributed by atoms with Gasteiger partial charge in [0, 0.05) is 13.7 Å². The zero-order valence-electron chi connectivity index (χ0n) is 34.0. The number of unbranched alkanes of at least 4 members (excludes halogenated alkanes) is 8. The minimum Gasteiger partial charge on any atom is -0.432 e. The van der Waals surface area contributed by atoms with E-state index in [9.17, 15) is 4.80 Å². The minimum atomic E-state index is -1.83. The molecule has 0 amide bonds. The van der Waals surface area contributed by atoms with Gasteiger partial charge >= 0.3 is 0 Å². The van der Waals surface area contributed by atoms with Crippen LogP contribution in [0.2, 0.25) is 19.1 Å². The quantitative estimate of drug-likeness (QED) is 0.0682. The Balaban J connectivity index is 3.06. The van der Waals surface area contributed by atoms with Gasteiger partial charge in [0.2, 0.25) is 0 Å². The largest absolute Gasteiger partial charge is 0.432 e. The highest BCUT2D eigenvalue weighted by atomic mass is 28.4. The summed E-state index contributed by atoms with van der Waals surface area (Å²) in [6.07, 6.45) is 11.4. The smallest absolute Gasteiger partial charge is 0.182 e. The maximum Gasteiger partial charge on any atom is 0.182 e. The molecule has 15 heteroatoms. The molecule has 0 unspecified atom stereocenters. The van der Waals surface area contributed by atoms with Crippen molar-refractivity contribution >= 4 is 8.32 Å². The van der Waals surface area contributed by atoms with Gasteiger partial charge in [-0.2, -0.15) is 0 Å². The fourth-order valence-corrected chi connectivity index (χ4v) is 5.78. The van der Waals surface area contributed by atoms with E-state index >= 15 is 0 Å². The molecule has 0 atom stereocenters. The second-order valence-corrected chi connectivity index (χ2v) is 17.2. The van der Waals surface area contributed by atoms with Crippen LogP contribution in [-0.4, -0.2) is 185 Å². The van der Waals surface area contributed by atoms with E-state index in [4.69, 9.17) is 61.6 Å². The van der Waals surface area contributed by atoms with Gasteiger partial charge in [-0.05, 0) is 25.6 Å². The van der Waals surface area contributed by atoms with Crippen molar-refractivity contribution in [2.75, 3.05) is 172 Å². The highest BCUT2D eigenvalue weighted by molar-refractivity contribution is 6.69. The summed E-state index contributed by atoms with van der Waals surface area (Å²) in [5, 5.41) is 0. The number of methoxy groups -OCH3 is 1. The second-order valence-electron chi connectivity index (χ2n) is 13.1. The minimum absolute atomic E-state index is 0.513. The third kappa shape index (κ3) is 51.7. The molecule has 0 fully saturated rings. The van der Waals surface area contributed by atoms with Crippen LogP contribution in [0.15, 0.2) is 0 Å². The zero-order valence-corrected chi connectivity index (χ0v) is 35.0. The van der Waals surface area contributed by atoms with Gasteiger partial charge in [-0.25, -0.2) is 0 Å². The topological polar surface area (TPSA) is 140 Å². The first-order valence-corrected chi connectivity index (χ1v) is 23.4. The molecule has 0 saturated carbocycles. The van der Waals surface area contributed by atoms with Gasteiger partial charge in [-0.3, -0.25) is 0 Å². The normalized spacial score (nSPS) is 12.0. The lowest BCUT2D eigenvalue weighted by molar-refractivity contribution is -0.0287. The summed E-state index contributed by atoms with van der Waals surface area (Å²) in [6.45, 7) is 17.8. The fraction of sp³-hybridized carbons (Fsp3) is 1.00. The molecule has 0 heterocycles. The first kappa shape index (κ1) is 52.7. The molecular weight excluding hydrogens is 708 g/mol. The average Bonchev–Trinajstić information content (AvgIpc) is 3.14. The molecule has 0 aliphatic heterocycles. The number of ether oxygens (including phenoxy) is 13. The highest BCUT2D eigenvalue weighted by Gasteiger charge is 2.15. The summed E-state index contributed by atoms with van der Waals surface area (Å²) >= 11 is 0. The van der Waals surface area contributed by atoms with Crippen LogP contribution in [0.5, 0.6) is 0 Å². The molecule has 0 rings (SSSR count). The van der Waals surface area contributed by atoms with E-state index in [0.29, 0.717) is 159 Å². The third-order valence-electron chi connectivity index (χ3n) is 7.60. The van der Waals surface area contributed by atoms with Crippen molar-refractivity contribution in [3.63, 3.8) is 0 Å². The van der Waals surface area contributed by atoms with Gasteiger partial charge < -0.3 is 66.4 Å². The van der Waals surface area contributed by atoms with Gasteiger partial charge in [0.25, 0.3) is 0 Å². The van der Waals surface area contributed by atoms with E-state index in [1.165, 1.54) is 51.4 Å². The van der Waals surface area contributed by atoms with Crippen molar-refractivity contribution in [3.8, 4) is 0 Å². The van der Waals surface area contributed by atoms with Crippen molar-refractivity contribution in [1.82, 2.24) is 0 Å². The van der Waals surface area contributed by atoms with Crippen LogP contribution in [-0.2, 0) is 61.6 Å². The second kappa shape index (κ2) is 46.0. The van der Waals surface area contributed by atoms with Crippen molar-refractivity contribution in [2.24, 2.45) is 0 Å². The van der Waals surface area contributed by atoms with Crippen LogP contribution in [0, 0.1) is 0 Å². The van der Waals surface area contributed by atoms with Gasteiger partial charge in [0.1, 0.15) is 0 Å². The third-order valence-corrected chi connectivity index (χ3v) is 9.18. The van der Waals surface area contributed by atoms with Gasteiger partial charge in [0.15, 0.2) is 8.32 Å². The van der Waals surface area contributed by atoms with E-state index in [0.717, 1.165) is 19.1 Å². The van der Waals surface area contributed by atoms with Crippen LogP contribution in [0.3, 0.4) is 0 Å². The molecule has 53 heavy (non-hydrogen) atoms. The Labute approximate surface area is 323 Å². The summed E-state index contributed by atoms with van der Waals surface area (Å²) in [4.78, 5) is 9.86. The molecule has 0 radical (unpaired) electrons. The zero-order chi connectivity index (χ0) is 38.4. The Morgan fingerprint density at radius 2 is 0.453 bits per heavy atom. The number of hydrogen-bond acceptors (Lipinski definition) is 14. The predicted molar refractivity (Wildman–Crippen MR) is 208 cm³/mol. The monoisotopic (exact) mass is 789 g/mol. The number of rotatable bonds is 48. The molecule has 0 spiro atoms. The lowest BCUT2D eigenvalue weighted by Gasteiger charge is -2.12. The Hall–Kier alpha value is -0.343. The molecule has 0 saturated heterocycles. The molecule has 0 aromatic heterocycles. The SMILES string of the molecule is COCCOCCOCCOCCOCCOCCOCCOCCOCCOCCOCCOCCOCCCCCCCCCCC[Si](C)(C)O. The van der Waals surface area contributed by atoms with E-state index in [2.05, 4.69) is 0 Å². The van der Waals surface area contributed by atoms with Crippen LogP contribution >= 0.6 is 0 Å². The average molecular weight is 789 g/mol. The summed E-state index contributed by atoms with van der Waals surface area (Å²) in [7, 11) is -0.186. The molecule has 0 aliphatic carbocycles. The van der Waals surface area contributed by atoms with Crippen molar-refractivity contribution in [2.45, 2.75) is 76.9 Å². The molecule has 1 N–H and O–H groups in total. The summed E-state index contributed by atoms with van der Waals surface area (Å²) in [6, 6.07) is 1.04. The van der Waals surface area contributed by atoms with Crippen LogP contribution in [0.1, 0.15) is 57.8 Å². The van der Waals surface area contributed by atoms with E-state index in [1.54, 1.807) is 7.11 Å². The fourth-order valence-electron chi connectivity index (χ4n) is 4.66. The highest BCUT2D eigenvalue weighted by Crippen LogP contribution is 2.14. The Morgan fingerprint density at radius 1 is 0.264 bits per heavy atom. The lowest BCUT2D eigenvalue weighted by atomic mass is 10.1. The van der Waals surface area contributed by atoms with Crippen LogP contribution in [0.4, 0.5) is 0 Å². The van der Waals surface area contributed by atoms with Gasteiger partial charge in [-0.15, -0.1) is 0 Å². The van der Waals surface area contributed by atoms with Crippen molar-refractivity contribution < 1.29 is 66.4 Å². The van der Waals surface area contributed by atoms with E-state index in [1.807, 2.05) is 13.1 Å². The number of hydrogen-bond donors (Lipinski definition) is 1. The van der Waals surface area contributed by atoms with Crippen LogP contribution < -0.4 is 0 Å². The first-order chi connectivity index (χ1) is 26.1. The Morgan fingerprint density at radius 3 is 0.679 bits per heavy atom. The molecule has 0 aromatic rings. The maximum atomic E-state index is 9.86. The summed E-state index contributed by atoms with van der Waals surface area (Å²) in [5.74, 6) is 0. The lowest BCUT2D eigenvalue weighted by Crippen LogP contribution is -2.23. The molecule has 0 aromatic carbocycles. The van der Waals surface area contributed by atoms with Gasteiger partial charge in [-0.1, -0.05) is 51.4 Å². The molecule has 320 valence electrons. The Kier molecular flexibility index (Phi) is 45.7. The first-order valence-electron chi connectivity index (χ1n) is 20.2. The maximum absolute atomic E-state index is 9.86. The summed E-state index contributed by atoms with van der Waals surface area (Å²) in [5.41, 5.74) is 0. The van der Waals surface area contributed by atoms with E-state index in [-0.39, 0.29) is 0 Å². The molecule has 0 aliphatic rings. The van der Waals surface area contributed by atoms with E-state index < -0.39 is 8.32 Å². The Bertz CT molecular complexity index is 663. The molecule has 14 nitrogen and oxygen atoms in total. The summed E-state index contributed by atoms with van der Waals surface area (Å²) < 4.78 is 70.8. The van der Waals surface area contributed by atoms with Crippen molar-refractivity contribution in [1.29, 1.82) is 0 Å². The van der Waals surface area contributed by atoms with Gasteiger partial charge in [0.05, 0.1) is 159 Å². The van der Waals surface area contributed by atoms with Crippen LogP contribution in [0.25, 0.3) is 0 Å². The van der Waals surface area contributed by atoms with Crippen molar-refractivity contribution in [3.05, 3.63) is 0 Å². The standard InChI is InChI=1S/C38H80O14Si/c1-40-14-15-42-18-19-44-22-23-46-26-27-48-30-31-50-34-35-52-37-36-51-33-32-49-29-28-47-25-24-45-21-20-43-17-16-41-13-11-9-7-5-4-6-8-10-12-38-53(2,3)39/h39H,4-38H2,1-3H3.